The van der Waals surface area contributed by atoms with Gasteiger partial charge < -0.3 is 8.83 Å². The molecule has 5 heteroatoms. The zero-order chi connectivity index (χ0) is 16.7. The minimum Gasteiger partial charge on any atom is -0.464 e. The maximum atomic E-state index is 6.04. The smallest absolute Gasteiger partial charge is 0.208 e. The third-order valence-electron chi connectivity index (χ3n) is 5.43. The van der Waals surface area contributed by atoms with Crippen LogP contribution in [0.3, 0.4) is 0 Å². The van der Waals surface area contributed by atoms with E-state index in [0.717, 1.165) is 68.3 Å². The van der Waals surface area contributed by atoms with E-state index in [4.69, 9.17) is 8.83 Å². The summed E-state index contributed by atoms with van der Waals surface area (Å²) in [7, 11) is 0. The predicted octanol–water partition coefficient (Wildman–Crippen LogP) is 3.33. The molecule has 0 N–H and O–H groups in total. The number of aromatic nitrogens is 1. The highest BCUT2D eigenvalue weighted by Gasteiger charge is 2.36. The Labute approximate surface area is 143 Å². The van der Waals surface area contributed by atoms with Gasteiger partial charge in [-0.2, -0.15) is 0 Å². The SMILES string of the molecule is Cc1nc(CN2CCN(Cc3ccc(C4CC4C)o3)CC2)oc1C. The number of furan rings is 1. The van der Waals surface area contributed by atoms with Crippen LogP contribution >= 0.6 is 0 Å². The first kappa shape index (κ1) is 15.9. The van der Waals surface area contributed by atoms with Crippen LogP contribution in [-0.4, -0.2) is 41.0 Å². The lowest BCUT2D eigenvalue weighted by atomic mass is 10.2. The number of aryl methyl sites for hydroxylation is 2. The van der Waals surface area contributed by atoms with Crippen LogP contribution in [0.2, 0.25) is 0 Å². The molecule has 0 radical (unpaired) electrons. The van der Waals surface area contributed by atoms with Crippen molar-refractivity contribution in [2.75, 3.05) is 26.2 Å². The Balaban J connectivity index is 1.26. The molecule has 2 aliphatic rings. The average molecular weight is 329 g/mol. The lowest BCUT2D eigenvalue weighted by molar-refractivity contribution is 0.108. The molecular weight excluding hydrogens is 302 g/mol. The van der Waals surface area contributed by atoms with E-state index in [1.165, 1.54) is 12.2 Å². The summed E-state index contributed by atoms with van der Waals surface area (Å²) in [5, 5.41) is 0. The highest BCUT2D eigenvalue weighted by atomic mass is 16.4. The highest BCUT2D eigenvalue weighted by Crippen LogP contribution is 2.47. The topological polar surface area (TPSA) is 45.7 Å². The Kier molecular flexibility index (Phi) is 4.22. The molecule has 1 aliphatic heterocycles. The number of oxazole rings is 1. The van der Waals surface area contributed by atoms with E-state index in [1.807, 2.05) is 13.8 Å². The molecule has 130 valence electrons. The first-order chi connectivity index (χ1) is 11.6. The summed E-state index contributed by atoms with van der Waals surface area (Å²) in [6.07, 6.45) is 1.28. The Bertz CT molecular complexity index is 678. The standard InChI is InChI=1S/C19H27N3O2/c1-13-10-17(13)18-5-4-16(24-18)11-21-6-8-22(9-7-21)12-19-20-14(2)15(3)23-19/h4-5,13,17H,6-12H2,1-3H3. The van der Waals surface area contributed by atoms with Crippen LogP contribution in [0.1, 0.15) is 48.1 Å². The van der Waals surface area contributed by atoms with Gasteiger partial charge in [-0.15, -0.1) is 0 Å². The molecule has 2 atom stereocenters. The highest BCUT2D eigenvalue weighted by molar-refractivity contribution is 5.17. The summed E-state index contributed by atoms with van der Waals surface area (Å²) in [4.78, 5) is 9.38. The van der Waals surface area contributed by atoms with Crippen LogP contribution in [0.25, 0.3) is 0 Å². The summed E-state index contributed by atoms with van der Waals surface area (Å²) in [6, 6.07) is 4.33. The van der Waals surface area contributed by atoms with Crippen molar-refractivity contribution in [3.05, 3.63) is 41.0 Å². The van der Waals surface area contributed by atoms with Gasteiger partial charge in [0, 0.05) is 32.1 Å². The number of nitrogens with zero attached hydrogens (tertiary/aromatic N) is 3. The lowest BCUT2D eigenvalue weighted by Crippen LogP contribution is -2.45. The molecule has 1 saturated carbocycles. The molecule has 4 rings (SSSR count). The van der Waals surface area contributed by atoms with Crippen LogP contribution in [0.4, 0.5) is 0 Å². The monoisotopic (exact) mass is 329 g/mol. The van der Waals surface area contributed by atoms with Gasteiger partial charge in [0.2, 0.25) is 5.89 Å². The molecule has 0 amide bonds. The summed E-state index contributed by atoms with van der Waals surface area (Å²) in [5.74, 6) is 5.54. The van der Waals surface area contributed by atoms with Gasteiger partial charge in [-0.1, -0.05) is 6.92 Å². The molecule has 2 aromatic rings. The van der Waals surface area contributed by atoms with Crippen molar-refractivity contribution in [3.8, 4) is 0 Å². The van der Waals surface area contributed by atoms with E-state index in [0.29, 0.717) is 5.92 Å². The van der Waals surface area contributed by atoms with Crippen molar-refractivity contribution in [1.29, 1.82) is 0 Å². The molecular formula is C19H27N3O2. The van der Waals surface area contributed by atoms with Gasteiger partial charge >= 0.3 is 0 Å². The summed E-state index contributed by atoms with van der Waals surface area (Å²) >= 11 is 0. The van der Waals surface area contributed by atoms with Gasteiger partial charge in [-0.25, -0.2) is 4.98 Å². The molecule has 24 heavy (non-hydrogen) atoms. The molecule has 0 spiro atoms. The maximum absolute atomic E-state index is 6.04. The van der Waals surface area contributed by atoms with Crippen LogP contribution < -0.4 is 0 Å². The van der Waals surface area contributed by atoms with Crippen molar-refractivity contribution in [3.63, 3.8) is 0 Å². The summed E-state index contributed by atoms with van der Waals surface area (Å²) in [5.41, 5.74) is 1.00. The van der Waals surface area contributed by atoms with Crippen molar-refractivity contribution in [2.45, 2.75) is 46.2 Å². The normalized spacial score (nSPS) is 25.3. The van der Waals surface area contributed by atoms with Gasteiger partial charge in [0.25, 0.3) is 0 Å². The van der Waals surface area contributed by atoms with E-state index in [-0.39, 0.29) is 0 Å². The molecule has 0 bridgehead atoms. The Morgan fingerprint density at radius 3 is 2.29 bits per heavy atom. The Morgan fingerprint density at radius 2 is 1.71 bits per heavy atom. The number of rotatable bonds is 5. The van der Waals surface area contributed by atoms with Crippen LogP contribution in [0, 0.1) is 19.8 Å². The fourth-order valence-electron chi connectivity index (χ4n) is 3.52. The van der Waals surface area contributed by atoms with Crippen molar-refractivity contribution in [1.82, 2.24) is 14.8 Å². The molecule has 5 nitrogen and oxygen atoms in total. The second-order valence-corrected chi connectivity index (χ2v) is 7.43. The van der Waals surface area contributed by atoms with E-state index in [1.54, 1.807) is 0 Å². The fourth-order valence-corrected chi connectivity index (χ4v) is 3.52. The molecule has 2 fully saturated rings. The van der Waals surface area contributed by atoms with Gasteiger partial charge in [0.05, 0.1) is 18.8 Å². The van der Waals surface area contributed by atoms with E-state index < -0.39 is 0 Å². The number of hydrogen-bond donors (Lipinski definition) is 0. The minimum absolute atomic E-state index is 0.670. The molecule has 2 unspecified atom stereocenters. The summed E-state index contributed by atoms with van der Waals surface area (Å²) in [6.45, 7) is 12.2. The van der Waals surface area contributed by atoms with Crippen LogP contribution in [0.5, 0.6) is 0 Å². The molecule has 0 aromatic carbocycles. The van der Waals surface area contributed by atoms with E-state index in [2.05, 4.69) is 33.8 Å². The Morgan fingerprint density at radius 1 is 1.04 bits per heavy atom. The predicted molar refractivity (Wildman–Crippen MR) is 91.8 cm³/mol. The second-order valence-electron chi connectivity index (χ2n) is 7.43. The van der Waals surface area contributed by atoms with Crippen molar-refractivity contribution in [2.24, 2.45) is 5.92 Å². The summed E-state index contributed by atoms with van der Waals surface area (Å²) < 4.78 is 11.7. The van der Waals surface area contributed by atoms with E-state index >= 15 is 0 Å². The van der Waals surface area contributed by atoms with E-state index in [9.17, 15) is 0 Å². The zero-order valence-corrected chi connectivity index (χ0v) is 14.9. The fraction of sp³-hybridized carbons (Fsp3) is 0.632. The first-order valence-electron chi connectivity index (χ1n) is 9.04. The maximum Gasteiger partial charge on any atom is 0.208 e. The molecule has 3 heterocycles. The molecule has 2 aromatic heterocycles. The molecule has 1 aliphatic carbocycles. The zero-order valence-electron chi connectivity index (χ0n) is 14.9. The third kappa shape index (κ3) is 3.42. The first-order valence-corrected chi connectivity index (χ1v) is 9.04. The van der Waals surface area contributed by atoms with Gasteiger partial charge in [0.1, 0.15) is 17.3 Å². The lowest BCUT2D eigenvalue weighted by Gasteiger charge is -2.33. The van der Waals surface area contributed by atoms with Gasteiger partial charge in [-0.3, -0.25) is 9.80 Å². The van der Waals surface area contributed by atoms with Crippen molar-refractivity contribution >= 4 is 0 Å². The quantitative estimate of drug-likeness (QED) is 0.842. The molecule has 1 saturated heterocycles. The largest absolute Gasteiger partial charge is 0.464 e. The van der Waals surface area contributed by atoms with Gasteiger partial charge in [-0.05, 0) is 38.3 Å². The second kappa shape index (κ2) is 6.37. The van der Waals surface area contributed by atoms with Gasteiger partial charge in [0.15, 0.2) is 0 Å². The average Bonchev–Trinajstić information content (AvgIpc) is 2.97. The number of hydrogen-bond acceptors (Lipinski definition) is 5. The third-order valence-corrected chi connectivity index (χ3v) is 5.43. The van der Waals surface area contributed by atoms with Crippen LogP contribution in [0.15, 0.2) is 21.0 Å². The minimum atomic E-state index is 0.670. The Hall–Kier alpha value is -1.59. The number of piperazine rings is 1. The van der Waals surface area contributed by atoms with Crippen molar-refractivity contribution < 1.29 is 8.83 Å². The van der Waals surface area contributed by atoms with Crippen LogP contribution in [-0.2, 0) is 13.1 Å².